The van der Waals surface area contributed by atoms with Gasteiger partial charge in [-0.3, -0.25) is 9.59 Å². The van der Waals surface area contributed by atoms with Gasteiger partial charge < -0.3 is 10.3 Å². The minimum absolute atomic E-state index is 0.366. The Labute approximate surface area is 188 Å². The smallest absolute Gasteiger partial charge is 0.298 e. The average Bonchev–Trinajstić information content (AvgIpc) is 3.55. The molecule has 6 heterocycles. The quantitative estimate of drug-likeness (QED) is 0.279. The minimum Gasteiger partial charge on any atom is -0.357 e. The zero-order chi connectivity index (χ0) is 20.5. The predicted molar refractivity (Wildman–Crippen MR) is 128 cm³/mol. The third-order valence-electron chi connectivity index (χ3n) is 4.54. The van der Waals surface area contributed by atoms with Crippen LogP contribution in [0.3, 0.4) is 0 Å². The van der Waals surface area contributed by atoms with Gasteiger partial charge in [0.25, 0.3) is 11.7 Å². The van der Waals surface area contributed by atoms with Gasteiger partial charge in [-0.25, -0.2) is 0 Å². The highest BCUT2D eigenvalue weighted by Crippen LogP contribution is 2.45. The zero-order valence-corrected chi connectivity index (χ0v) is 18.6. The van der Waals surface area contributed by atoms with Gasteiger partial charge in [-0.1, -0.05) is 12.1 Å². The van der Waals surface area contributed by atoms with Crippen LogP contribution in [-0.4, -0.2) is 16.7 Å². The van der Waals surface area contributed by atoms with E-state index in [1.54, 1.807) is 12.3 Å². The van der Waals surface area contributed by atoms with Crippen molar-refractivity contribution in [1.82, 2.24) is 4.98 Å². The third-order valence-corrected chi connectivity index (χ3v) is 8.35. The van der Waals surface area contributed by atoms with Crippen LogP contribution in [0.2, 0.25) is 0 Å². The van der Waals surface area contributed by atoms with E-state index in [1.165, 1.54) is 30.6 Å². The zero-order valence-electron chi connectivity index (χ0n) is 15.4. The topological polar surface area (TPSA) is 62.0 Å². The van der Waals surface area contributed by atoms with Gasteiger partial charge >= 0.3 is 0 Å². The summed E-state index contributed by atoms with van der Waals surface area (Å²) in [7, 11) is 0. The second-order valence-electron chi connectivity index (χ2n) is 6.33. The van der Waals surface area contributed by atoms with E-state index in [0.29, 0.717) is 11.4 Å². The maximum Gasteiger partial charge on any atom is 0.298 e. The number of anilines is 1. The Hall–Kier alpha value is -2.78. The molecule has 0 saturated carbocycles. The first-order chi connectivity index (χ1) is 14.7. The predicted octanol–water partition coefficient (Wildman–Crippen LogP) is 7.08. The number of amides is 1. The Kier molecular flexibility index (Phi) is 5.22. The lowest BCUT2D eigenvalue weighted by Gasteiger charge is -2.03. The summed E-state index contributed by atoms with van der Waals surface area (Å²) in [6.45, 7) is 0. The Morgan fingerprint density at radius 1 is 0.667 bits per heavy atom. The molecule has 0 radical (unpaired) electrons. The van der Waals surface area contributed by atoms with Crippen LogP contribution in [0, 0.1) is 0 Å². The van der Waals surface area contributed by atoms with E-state index in [1.807, 2.05) is 45.3 Å². The second kappa shape index (κ2) is 8.16. The number of carbonyl (C=O) groups excluding carboxylic acids is 2. The number of ketones is 1. The van der Waals surface area contributed by atoms with Crippen molar-refractivity contribution in [3.8, 4) is 30.6 Å². The summed E-state index contributed by atoms with van der Waals surface area (Å²) >= 11 is 7.29. The minimum atomic E-state index is -0.554. The molecule has 5 aromatic rings. The van der Waals surface area contributed by atoms with Crippen LogP contribution in [-0.2, 0) is 4.79 Å². The van der Waals surface area contributed by atoms with Gasteiger partial charge in [0.2, 0.25) is 0 Å². The summed E-state index contributed by atoms with van der Waals surface area (Å²) in [6.07, 6.45) is 1.61. The van der Waals surface area contributed by atoms with E-state index in [4.69, 9.17) is 0 Å². The van der Waals surface area contributed by atoms with E-state index in [2.05, 4.69) is 68.2 Å². The molecule has 0 atom stereocenters. The van der Waals surface area contributed by atoms with Crippen molar-refractivity contribution < 1.29 is 9.59 Å². The monoisotopic (exact) mass is 466 g/mol. The number of fused-ring (bicyclic) bond motifs is 1. The lowest BCUT2D eigenvalue weighted by molar-refractivity contribution is -0.112. The number of thiophene rings is 4. The standard InChI is InChI=1S/C16H10S4.C6H4N2O2/c1-3-13(17-7-1)11-5-9-19-15(11)12-6-10-20-16(12)14-4-2-8-18-14;9-5-4-3(1-2-7-4)8-6(5)10/h1-10H;1-2,7H,(H,8,9,10). The highest BCUT2D eigenvalue weighted by atomic mass is 32.1. The van der Waals surface area contributed by atoms with Crippen molar-refractivity contribution in [2.24, 2.45) is 0 Å². The molecule has 5 aromatic heterocycles. The normalized spacial score (nSPS) is 12.4. The van der Waals surface area contributed by atoms with Crippen LogP contribution in [0.15, 0.2) is 70.2 Å². The summed E-state index contributed by atoms with van der Waals surface area (Å²) in [4.78, 5) is 29.6. The molecule has 8 heteroatoms. The fourth-order valence-corrected chi connectivity index (χ4v) is 6.80. The second-order valence-corrected chi connectivity index (χ2v) is 10.1. The summed E-state index contributed by atoms with van der Waals surface area (Å²) in [5.74, 6) is -1.04. The molecule has 1 aliphatic heterocycles. The maximum absolute atomic E-state index is 10.8. The molecule has 4 nitrogen and oxygen atoms in total. The van der Waals surface area contributed by atoms with Gasteiger partial charge in [0, 0.05) is 32.0 Å². The molecule has 30 heavy (non-hydrogen) atoms. The summed E-state index contributed by atoms with van der Waals surface area (Å²) in [5.41, 5.74) is 3.68. The van der Waals surface area contributed by atoms with Gasteiger partial charge in [0.15, 0.2) is 0 Å². The Bertz CT molecular complexity index is 1240. The van der Waals surface area contributed by atoms with E-state index in [-0.39, 0.29) is 0 Å². The number of rotatable bonds is 3. The molecule has 0 bridgehead atoms. The van der Waals surface area contributed by atoms with Crippen molar-refractivity contribution in [3.63, 3.8) is 0 Å². The van der Waals surface area contributed by atoms with Gasteiger partial charge in [-0.05, 0) is 51.9 Å². The third kappa shape index (κ3) is 3.48. The van der Waals surface area contributed by atoms with Gasteiger partial charge in [0.05, 0.1) is 10.6 Å². The van der Waals surface area contributed by atoms with Gasteiger partial charge in [0.1, 0.15) is 5.69 Å². The first kappa shape index (κ1) is 19.2. The van der Waals surface area contributed by atoms with E-state index in [9.17, 15) is 9.59 Å². The summed E-state index contributed by atoms with van der Waals surface area (Å²) in [5, 5.41) is 11.1. The van der Waals surface area contributed by atoms with Crippen molar-refractivity contribution in [2.45, 2.75) is 0 Å². The van der Waals surface area contributed by atoms with Crippen LogP contribution in [0.5, 0.6) is 0 Å². The fraction of sp³-hybridized carbons (Fsp3) is 0. The average molecular weight is 467 g/mol. The number of H-pyrrole nitrogens is 1. The maximum atomic E-state index is 10.8. The Morgan fingerprint density at radius 2 is 1.37 bits per heavy atom. The largest absolute Gasteiger partial charge is 0.357 e. The molecule has 0 aliphatic carbocycles. The summed E-state index contributed by atoms with van der Waals surface area (Å²) < 4.78 is 0. The number of hydrogen-bond donors (Lipinski definition) is 2. The highest BCUT2D eigenvalue weighted by Gasteiger charge is 2.28. The molecule has 0 fully saturated rings. The number of Topliss-reactive ketones (excluding diaryl/α,β-unsaturated/α-hetero) is 1. The van der Waals surface area contributed by atoms with Crippen LogP contribution < -0.4 is 5.32 Å². The number of aromatic amines is 1. The first-order valence-electron chi connectivity index (χ1n) is 8.98. The van der Waals surface area contributed by atoms with Crippen molar-refractivity contribution in [2.75, 3.05) is 5.32 Å². The fourth-order valence-electron chi connectivity index (χ4n) is 3.18. The van der Waals surface area contributed by atoms with E-state index in [0.717, 1.165) is 0 Å². The lowest BCUT2D eigenvalue weighted by Crippen LogP contribution is -2.13. The molecule has 1 aliphatic rings. The summed E-state index contributed by atoms with van der Waals surface area (Å²) in [6, 6.07) is 14.8. The molecule has 0 saturated heterocycles. The molecular formula is C22H14N2O2S4. The Balaban J connectivity index is 0.000000161. The van der Waals surface area contributed by atoms with Crippen LogP contribution in [0.25, 0.3) is 30.6 Å². The molecule has 0 unspecified atom stereocenters. The van der Waals surface area contributed by atoms with Crippen LogP contribution in [0.4, 0.5) is 5.69 Å². The number of nitrogens with one attached hydrogen (secondary N) is 2. The molecule has 2 N–H and O–H groups in total. The molecule has 0 spiro atoms. The SMILES string of the molecule is O=C1Nc2cc[nH]c2C1=O.c1csc(-c2ccsc2-c2ccsc2-c2cccs2)c1. The van der Waals surface area contributed by atoms with Crippen molar-refractivity contribution in [3.05, 3.63) is 75.9 Å². The van der Waals surface area contributed by atoms with Gasteiger partial charge in [-0.2, -0.15) is 0 Å². The van der Waals surface area contributed by atoms with E-state index < -0.39 is 11.7 Å². The molecule has 6 rings (SSSR count). The molecular weight excluding hydrogens is 453 g/mol. The van der Waals surface area contributed by atoms with Crippen molar-refractivity contribution in [1.29, 1.82) is 0 Å². The lowest BCUT2D eigenvalue weighted by atomic mass is 10.1. The number of aromatic nitrogens is 1. The number of carbonyl (C=O) groups is 2. The van der Waals surface area contributed by atoms with E-state index >= 15 is 0 Å². The molecule has 0 aromatic carbocycles. The van der Waals surface area contributed by atoms with Crippen LogP contribution >= 0.6 is 45.3 Å². The number of hydrogen-bond acceptors (Lipinski definition) is 6. The Morgan fingerprint density at radius 3 is 2.07 bits per heavy atom. The highest BCUT2D eigenvalue weighted by molar-refractivity contribution is 7.21. The molecule has 148 valence electrons. The first-order valence-corrected chi connectivity index (χ1v) is 12.5. The van der Waals surface area contributed by atoms with Crippen molar-refractivity contribution >= 4 is 62.7 Å². The van der Waals surface area contributed by atoms with Crippen LogP contribution in [0.1, 0.15) is 10.5 Å². The molecule has 1 amide bonds. The van der Waals surface area contributed by atoms with Gasteiger partial charge in [-0.15, -0.1) is 45.3 Å².